The number of nitrogens with one attached hydrogen (secondary N) is 1. The molecule has 0 saturated carbocycles. The maximum absolute atomic E-state index is 12.2. The third kappa shape index (κ3) is 7.16. The van der Waals surface area contributed by atoms with Gasteiger partial charge in [0.1, 0.15) is 5.82 Å². The van der Waals surface area contributed by atoms with Gasteiger partial charge in [0.25, 0.3) is 5.91 Å². The normalized spacial score (nSPS) is 10.7. The number of ether oxygens (including phenoxy) is 1. The van der Waals surface area contributed by atoms with Crippen LogP contribution in [0.3, 0.4) is 0 Å². The second kappa shape index (κ2) is 12.9. The fraction of sp³-hybridized carbons (Fsp3) is 0.207. The Hall–Kier alpha value is -3.68. The molecule has 1 amide bonds. The minimum atomic E-state index is -0.101. The van der Waals surface area contributed by atoms with E-state index in [9.17, 15) is 4.79 Å². The number of carbonyl (C=O) groups is 1. The summed E-state index contributed by atoms with van der Waals surface area (Å²) in [7, 11) is 3.66. The number of hydrogen-bond acceptors (Lipinski definition) is 6. The predicted octanol–water partition coefficient (Wildman–Crippen LogP) is 5.45. The van der Waals surface area contributed by atoms with Crippen LogP contribution < -0.4 is 10.2 Å². The number of methoxy groups -OCH3 is 1. The molecule has 6 nitrogen and oxygen atoms in total. The molecule has 1 heterocycles. The Balaban J connectivity index is 1.49. The molecule has 4 rings (SSSR count). The summed E-state index contributed by atoms with van der Waals surface area (Å²) < 4.78 is 4.98. The highest BCUT2D eigenvalue weighted by Gasteiger charge is 2.12. The first kappa shape index (κ1) is 25.4. The first-order chi connectivity index (χ1) is 17.6. The van der Waals surface area contributed by atoms with Crippen molar-refractivity contribution in [3.63, 3.8) is 0 Å². The van der Waals surface area contributed by atoms with Gasteiger partial charge in [0.05, 0.1) is 12.3 Å². The monoisotopic (exact) mass is 498 g/mol. The van der Waals surface area contributed by atoms with Crippen LogP contribution in [0, 0.1) is 0 Å². The van der Waals surface area contributed by atoms with Crippen molar-refractivity contribution in [2.24, 2.45) is 0 Å². The third-order valence-electron chi connectivity index (χ3n) is 5.59. The van der Waals surface area contributed by atoms with E-state index in [1.165, 1.54) is 5.56 Å². The molecular formula is C29H30N4O2S. The molecule has 0 aliphatic carbocycles. The van der Waals surface area contributed by atoms with Crippen LogP contribution in [-0.4, -0.2) is 43.2 Å². The van der Waals surface area contributed by atoms with E-state index in [1.807, 2.05) is 66.7 Å². The Morgan fingerprint density at radius 3 is 2.31 bits per heavy atom. The highest BCUT2D eigenvalue weighted by molar-refractivity contribution is 7.98. The highest BCUT2D eigenvalue weighted by Crippen LogP contribution is 2.27. The highest BCUT2D eigenvalue weighted by atomic mass is 32.2. The summed E-state index contributed by atoms with van der Waals surface area (Å²) in [5, 5.41) is 3.55. The molecule has 1 aromatic heterocycles. The number of benzene rings is 3. The van der Waals surface area contributed by atoms with E-state index < -0.39 is 0 Å². The molecule has 184 valence electrons. The molecule has 3 aromatic carbocycles. The lowest BCUT2D eigenvalue weighted by molar-refractivity contribution is 0.0937. The molecule has 0 aliphatic rings. The van der Waals surface area contributed by atoms with Crippen LogP contribution in [0.4, 0.5) is 5.82 Å². The zero-order valence-electron chi connectivity index (χ0n) is 20.6. The molecule has 7 heteroatoms. The quantitative estimate of drug-likeness (QED) is 0.169. The molecule has 0 bridgehead atoms. The average molecular weight is 499 g/mol. The minimum Gasteiger partial charge on any atom is -0.383 e. The Labute approximate surface area is 216 Å². The zero-order valence-corrected chi connectivity index (χ0v) is 21.4. The Morgan fingerprint density at radius 1 is 0.917 bits per heavy atom. The van der Waals surface area contributed by atoms with Gasteiger partial charge in [-0.15, -0.1) is 0 Å². The molecular weight excluding hydrogens is 468 g/mol. The van der Waals surface area contributed by atoms with Crippen molar-refractivity contribution in [2.75, 3.05) is 32.2 Å². The first-order valence-corrected chi connectivity index (χ1v) is 12.8. The number of aromatic nitrogens is 2. The van der Waals surface area contributed by atoms with Gasteiger partial charge in [-0.3, -0.25) is 4.79 Å². The van der Waals surface area contributed by atoms with Crippen molar-refractivity contribution in [2.45, 2.75) is 17.5 Å². The molecule has 0 aliphatic heterocycles. The first-order valence-electron chi connectivity index (χ1n) is 11.8. The topological polar surface area (TPSA) is 67.3 Å². The van der Waals surface area contributed by atoms with E-state index in [2.05, 4.69) is 41.5 Å². The summed E-state index contributed by atoms with van der Waals surface area (Å²) in [5.74, 6) is 1.47. The molecule has 0 unspecified atom stereocenters. The lowest BCUT2D eigenvalue weighted by Crippen LogP contribution is -2.26. The van der Waals surface area contributed by atoms with Crippen LogP contribution >= 0.6 is 11.8 Å². The van der Waals surface area contributed by atoms with Gasteiger partial charge in [-0.2, -0.15) is 0 Å². The van der Waals surface area contributed by atoms with Crippen LogP contribution in [0.5, 0.6) is 0 Å². The maximum atomic E-state index is 12.2. The minimum absolute atomic E-state index is 0.101. The number of amides is 1. The van der Waals surface area contributed by atoms with E-state index in [1.54, 1.807) is 18.9 Å². The predicted molar refractivity (Wildman–Crippen MR) is 146 cm³/mol. The van der Waals surface area contributed by atoms with Gasteiger partial charge in [-0.05, 0) is 23.3 Å². The molecule has 0 atom stereocenters. The number of nitrogens with zero attached hydrogens (tertiary/aromatic N) is 3. The van der Waals surface area contributed by atoms with Gasteiger partial charge in [0.2, 0.25) is 0 Å². The summed E-state index contributed by atoms with van der Waals surface area (Å²) in [5.41, 5.74) is 4.90. The summed E-state index contributed by atoms with van der Waals surface area (Å²) in [6.07, 6.45) is 0. The SMILES string of the molecule is COCCNC(=O)c1ccc(CSc2nc(-c3ccccc3)cc(N(C)Cc3ccccc3)n2)cc1. The van der Waals surface area contributed by atoms with E-state index in [-0.39, 0.29) is 5.91 Å². The Bertz CT molecular complexity index is 1250. The molecule has 0 fully saturated rings. The van der Waals surface area contributed by atoms with E-state index in [0.717, 1.165) is 29.2 Å². The van der Waals surface area contributed by atoms with E-state index in [0.29, 0.717) is 29.6 Å². The zero-order chi connectivity index (χ0) is 25.2. The van der Waals surface area contributed by atoms with Crippen LogP contribution in [0.2, 0.25) is 0 Å². The van der Waals surface area contributed by atoms with Crippen LogP contribution in [-0.2, 0) is 17.0 Å². The largest absolute Gasteiger partial charge is 0.383 e. The number of thioether (sulfide) groups is 1. The fourth-order valence-electron chi connectivity index (χ4n) is 3.64. The molecule has 0 radical (unpaired) electrons. The number of carbonyl (C=O) groups excluding carboxylic acids is 1. The maximum Gasteiger partial charge on any atom is 0.251 e. The molecule has 0 spiro atoms. The second-order valence-electron chi connectivity index (χ2n) is 8.34. The van der Waals surface area contributed by atoms with Crippen LogP contribution in [0.1, 0.15) is 21.5 Å². The van der Waals surface area contributed by atoms with Crippen molar-refractivity contribution in [1.82, 2.24) is 15.3 Å². The van der Waals surface area contributed by atoms with Gasteiger partial charge < -0.3 is 15.0 Å². The average Bonchev–Trinajstić information content (AvgIpc) is 2.93. The third-order valence-corrected chi connectivity index (χ3v) is 6.51. The fourth-order valence-corrected chi connectivity index (χ4v) is 4.45. The van der Waals surface area contributed by atoms with Gasteiger partial charge in [-0.25, -0.2) is 9.97 Å². The van der Waals surface area contributed by atoms with Gasteiger partial charge in [0.15, 0.2) is 5.16 Å². The lowest BCUT2D eigenvalue weighted by atomic mass is 10.1. The Morgan fingerprint density at radius 2 is 1.61 bits per heavy atom. The van der Waals surface area contributed by atoms with Crippen molar-refractivity contribution in [1.29, 1.82) is 0 Å². The summed E-state index contributed by atoms with van der Waals surface area (Å²) in [6.45, 7) is 1.73. The summed E-state index contributed by atoms with van der Waals surface area (Å²) in [6, 6.07) is 30.2. The molecule has 1 N–H and O–H groups in total. The standard InChI is InChI=1S/C29H30N4O2S/c1-33(20-22-9-5-3-6-10-22)27-19-26(24-11-7-4-8-12-24)31-29(32-27)36-21-23-13-15-25(16-14-23)28(34)30-17-18-35-2/h3-16,19H,17-18,20-21H2,1-2H3,(H,30,34). The second-order valence-corrected chi connectivity index (χ2v) is 9.28. The van der Waals surface area contributed by atoms with Crippen molar-refractivity contribution in [3.05, 3.63) is 108 Å². The molecule has 0 saturated heterocycles. The van der Waals surface area contributed by atoms with Crippen molar-refractivity contribution >= 4 is 23.5 Å². The van der Waals surface area contributed by atoms with Crippen LogP contribution in [0.15, 0.2) is 96.2 Å². The lowest BCUT2D eigenvalue weighted by Gasteiger charge is -2.20. The number of anilines is 1. The van der Waals surface area contributed by atoms with Crippen molar-refractivity contribution in [3.8, 4) is 11.3 Å². The van der Waals surface area contributed by atoms with Crippen LogP contribution in [0.25, 0.3) is 11.3 Å². The van der Waals surface area contributed by atoms with E-state index >= 15 is 0 Å². The smallest absolute Gasteiger partial charge is 0.251 e. The number of rotatable bonds is 11. The van der Waals surface area contributed by atoms with Gasteiger partial charge in [-0.1, -0.05) is 84.6 Å². The van der Waals surface area contributed by atoms with Gasteiger partial charge >= 0.3 is 0 Å². The van der Waals surface area contributed by atoms with Crippen molar-refractivity contribution < 1.29 is 9.53 Å². The van der Waals surface area contributed by atoms with Gasteiger partial charge in [0, 0.05) is 50.2 Å². The Kier molecular flexibility index (Phi) is 9.08. The molecule has 36 heavy (non-hydrogen) atoms. The molecule has 4 aromatic rings. The summed E-state index contributed by atoms with van der Waals surface area (Å²) >= 11 is 1.59. The summed E-state index contributed by atoms with van der Waals surface area (Å²) in [4.78, 5) is 24.1. The van der Waals surface area contributed by atoms with E-state index in [4.69, 9.17) is 14.7 Å². The number of hydrogen-bond donors (Lipinski definition) is 1.